The Hall–Kier alpha value is -1.31. The van der Waals surface area contributed by atoms with Crippen molar-refractivity contribution in [1.82, 2.24) is 0 Å². The molecular weight excluding hydrogens is 179 g/mol. The summed E-state index contributed by atoms with van der Waals surface area (Å²) >= 11 is 0. The summed E-state index contributed by atoms with van der Waals surface area (Å²) in [6, 6.07) is 4.92. The quantitative estimate of drug-likeness (QED) is 0.698. The van der Waals surface area contributed by atoms with E-state index in [2.05, 4.69) is 0 Å². The Balaban J connectivity index is 3.19. The number of halogens is 1. The van der Waals surface area contributed by atoms with Gasteiger partial charge in [0.15, 0.2) is 0 Å². The van der Waals surface area contributed by atoms with E-state index in [-0.39, 0.29) is 5.82 Å². The summed E-state index contributed by atoms with van der Waals surface area (Å²) < 4.78 is 18.5. The normalized spacial score (nSPS) is 9.79. The number of hydrogen-bond donors (Lipinski definition) is 0. The van der Waals surface area contributed by atoms with Gasteiger partial charge in [0.1, 0.15) is 11.6 Å². The zero-order valence-corrected chi connectivity index (χ0v) is 9.02. The van der Waals surface area contributed by atoms with Gasteiger partial charge < -0.3 is 4.74 Å². The van der Waals surface area contributed by atoms with Crippen molar-refractivity contribution in [3.05, 3.63) is 35.2 Å². The van der Waals surface area contributed by atoms with Gasteiger partial charge in [0.2, 0.25) is 0 Å². The van der Waals surface area contributed by atoms with Gasteiger partial charge in [-0.3, -0.25) is 0 Å². The maximum absolute atomic E-state index is 13.5. The Bertz CT molecular complexity index is 363. The third kappa shape index (κ3) is 2.13. The fourth-order valence-corrected chi connectivity index (χ4v) is 1.20. The van der Waals surface area contributed by atoms with Crippen LogP contribution in [0.5, 0.6) is 5.75 Å². The lowest BCUT2D eigenvalue weighted by Gasteiger charge is -2.07. The first kappa shape index (κ1) is 10.8. The Morgan fingerprint density at radius 2 is 1.86 bits per heavy atom. The van der Waals surface area contributed by atoms with E-state index in [1.807, 2.05) is 20.8 Å². The van der Waals surface area contributed by atoms with Gasteiger partial charge in [-0.25, -0.2) is 4.39 Å². The SMILES string of the molecule is COc1ccc(C(C)=C(C)C)c(F)c1. The van der Waals surface area contributed by atoms with Crippen LogP contribution in [0.25, 0.3) is 5.57 Å². The number of hydrogen-bond acceptors (Lipinski definition) is 1. The number of ether oxygens (including phenoxy) is 1. The first-order valence-corrected chi connectivity index (χ1v) is 4.54. The van der Waals surface area contributed by atoms with E-state index in [9.17, 15) is 4.39 Å². The van der Waals surface area contributed by atoms with Crippen LogP contribution in [-0.4, -0.2) is 7.11 Å². The van der Waals surface area contributed by atoms with Crippen LogP contribution in [0.3, 0.4) is 0 Å². The van der Waals surface area contributed by atoms with Crippen LogP contribution < -0.4 is 4.74 Å². The summed E-state index contributed by atoms with van der Waals surface area (Å²) in [5.41, 5.74) is 2.74. The fraction of sp³-hybridized carbons (Fsp3) is 0.333. The zero-order chi connectivity index (χ0) is 10.7. The predicted octanol–water partition coefficient (Wildman–Crippen LogP) is 3.65. The second-order valence-corrected chi connectivity index (χ2v) is 3.47. The lowest BCUT2D eigenvalue weighted by atomic mass is 10.0. The molecule has 14 heavy (non-hydrogen) atoms. The molecule has 0 saturated heterocycles. The van der Waals surface area contributed by atoms with Crippen molar-refractivity contribution in [3.8, 4) is 5.75 Å². The van der Waals surface area contributed by atoms with Gasteiger partial charge >= 0.3 is 0 Å². The van der Waals surface area contributed by atoms with Crippen LogP contribution >= 0.6 is 0 Å². The second kappa shape index (κ2) is 4.27. The minimum absolute atomic E-state index is 0.233. The number of benzene rings is 1. The molecule has 1 aromatic rings. The predicted molar refractivity (Wildman–Crippen MR) is 56.9 cm³/mol. The average Bonchev–Trinajstić information content (AvgIpc) is 2.16. The molecule has 0 aromatic heterocycles. The first-order valence-electron chi connectivity index (χ1n) is 4.54. The fourth-order valence-electron chi connectivity index (χ4n) is 1.20. The van der Waals surface area contributed by atoms with Gasteiger partial charge in [0, 0.05) is 11.6 Å². The summed E-state index contributed by atoms with van der Waals surface area (Å²) in [6.45, 7) is 5.86. The highest BCUT2D eigenvalue weighted by molar-refractivity contribution is 5.67. The highest BCUT2D eigenvalue weighted by Crippen LogP contribution is 2.24. The third-order valence-electron chi connectivity index (χ3n) is 2.33. The highest BCUT2D eigenvalue weighted by atomic mass is 19.1. The van der Waals surface area contributed by atoms with E-state index in [0.717, 1.165) is 11.1 Å². The van der Waals surface area contributed by atoms with Crippen LogP contribution in [0.15, 0.2) is 23.8 Å². The molecule has 0 atom stereocenters. The topological polar surface area (TPSA) is 9.23 Å². The van der Waals surface area contributed by atoms with Gasteiger partial charge in [0.05, 0.1) is 7.11 Å². The summed E-state index contributed by atoms with van der Waals surface area (Å²) in [5, 5.41) is 0. The Kier molecular flexibility index (Phi) is 3.28. The maximum Gasteiger partial charge on any atom is 0.134 e. The lowest BCUT2D eigenvalue weighted by molar-refractivity contribution is 0.411. The molecule has 0 N–H and O–H groups in total. The molecule has 1 nitrogen and oxygen atoms in total. The van der Waals surface area contributed by atoms with Crippen molar-refractivity contribution >= 4 is 5.57 Å². The minimum Gasteiger partial charge on any atom is -0.497 e. The molecule has 0 unspecified atom stereocenters. The molecule has 0 aliphatic rings. The van der Waals surface area contributed by atoms with Crippen LogP contribution in [0.2, 0.25) is 0 Å². The summed E-state index contributed by atoms with van der Waals surface area (Å²) in [7, 11) is 1.53. The molecule has 2 heteroatoms. The summed E-state index contributed by atoms with van der Waals surface area (Å²) in [5.74, 6) is 0.316. The summed E-state index contributed by atoms with van der Waals surface area (Å²) in [6.07, 6.45) is 0. The standard InChI is InChI=1S/C12H15FO/c1-8(2)9(3)11-6-5-10(14-4)7-12(11)13/h5-7H,1-4H3. The molecule has 0 radical (unpaired) electrons. The molecule has 0 saturated carbocycles. The van der Waals surface area contributed by atoms with Crippen molar-refractivity contribution in [2.24, 2.45) is 0 Å². The molecule has 76 valence electrons. The van der Waals surface area contributed by atoms with Crippen LogP contribution in [-0.2, 0) is 0 Å². The van der Waals surface area contributed by atoms with Gasteiger partial charge in [0.25, 0.3) is 0 Å². The number of allylic oxidation sites excluding steroid dienone is 2. The third-order valence-corrected chi connectivity index (χ3v) is 2.33. The molecule has 0 heterocycles. The molecule has 1 aromatic carbocycles. The Morgan fingerprint density at radius 3 is 2.29 bits per heavy atom. The van der Waals surface area contributed by atoms with Gasteiger partial charge in [-0.15, -0.1) is 0 Å². The van der Waals surface area contributed by atoms with Gasteiger partial charge in [-0.1, -0.05) is 5.57 Å². The molecule has 0 aliphatic carbocycles. The Morgan fingerprint density at radius 1 is 1.21 bits per heavy atom. The smallest absolute Gasteiger partial charge is 0.134 e. The van der Waals surface area contributed by atoms with Crippen molar-refractivity contribution in [1.29, 1.82) is 0 Å². The molecule has 0 aliphatic heterocycles. The number of rotatable bonds is 2. The maximum atomic E-state index is 13.5. The average molecular weight is 194 g/mol. The largest absolute Gasteiger partial charge is 0.497 e. The number of methoxy groups -OCH3 is 1. The zero-order valence-electron chi connectivity index (χ0n) is 9.02. The molecular formula is C12H15FO. The van der Waals surface area contributed by atoms with E-state index in [0.29, 0.717) is 11.3 Å². The van der Waals surface area contributed by atoms with E-state index in [1.165, 1.54) is 13.2 Å². The first-order chi connectivity index (χ1) is 6.56. The second-order valence-electron chi connectivity index (χ2n) is 3.47. The summed E-state index contributed by atoms with van der Waals surface area (Å²) in [4.78, 5) is 0. The van der Waals surface area contributed by atoms with E-state index in [1.54, 1.807) is 12.1 Å². The monoisotopic (exact) mass is 194 g/mol. The Labute approximate surface area is 84.2 Å². The molecule has 0 fully saturated rings. The van der Waals surface area contributed by atoms with Crippen molar-refractivity contribution in [3.63, 3.8) is 0 Å². The van der Waals surface area contributed by atoms with Crippen molar-refractivity contribution in [2.45, 2.75) is 20.8 Å². The van der Waals surface area contributed by atoms with Crippen molar-refractivity contribution < 1.29 is 9.13 Å². The molecule has 0 bridgehead atoms. The van der Waals surface area contributed by atoms with Gasteiger partial charge in [-0.2, -0.15) is 0 Å². The lowest BCUT2D eigenvalue weighted by Crippen LogP contribution is -1.91. The van der Waals surface area contributed by atoms with E-state index < -0.39 is 0 Å². The van der Waals surface area contributed by atoms with E-state index in [4.69, 9.17) is 4.74 Å². The van der Waals surface area contributed by atoms with Crippen molar-refractivity contribution in [2.75, 3.05) is 7.11 Å². The van der Waals surface area contributed by atoms with Crippen LogP contribution in [0, 0.1) is 5.82 Å². The minimum atomic E-state index is -0.233. The highest BCUT2D eigenvalue weighted by Gasteiger charge is 2.06. The molecule has 0 spiro atoms. The van der Waals surface area contributed by atoms with Gasteiger partial charge in [-0.05, 0) is 38.5 Å². The van der Waals surface area contributed by atoms with Crippen LogP contribution in [0.4, 0.5) is 4.39 Å². The molecule has 0 amide bonds. The molecule has 1 rings (SSSR count). The van der Waals surface area contributed by atoms with E-state index >= 15 is 0 Å². The van der Waals surface area contributed by atoms with Crippen LogP contribution in [0.1, 0.15) is 26.3 Å².